The van der Waals surface area contributed by atoms with Crippen LogP contribution in [0.5, 0.6) is 0 Å². The first-order valence-electron chi connectivity index (χ1n) is 5.79. The second-order valence-corrected chi connectivity index (χ2v) is 4.87. The maximum absolute atomic E-state index is 11.0. The van der Waals surface area contributed by atoms with Gasteiger partial charge < -0.3 is 15.4 Å². The average molecular weight is 336 g/mol. The van der Waals surface area contributed by atoms with Gasteiger partial charge in [0.1, 0.15) is 10.4 Å². The lowest BCUT2D eigenvalue weighted by molar-refractivity contribution is 0.0690. The lowest BCUT2D eigenvalue weighted by atomic mass is 10.3. The number of nitrogens with zero attached hydrogens (tertiary/aromatic N) is 3. The first-order valence-corrected chi connectivity index (χ1v) is 6.58. The fourth-order valence-electron chi connectivity index (χ4n) is 1.80. The Bertz CT molecular complexity index is 766. The number of fused-ring (bicyclic) bond motifs is 1. The predicted octanol–water partition coefficient (Wildman–Crippen LogP) is 2.13. The summed E-state index contributed by atoms with van der Waals surface area (Å²) in [5.74, 6) is -0.460. The van der Waals surface area contributed by atoms with Crippen LogP contribution in [0.4, 0.5) is 5.82 Å². The average Bonchev–Trinajstić information content (AvgIpc) is 3.05. The van der Waals surface area contributed by atoms with Gasteiger partial charge in [0.25, 0.3) is 0 Å². The fraction of sp³-hybridized carbons (Fsp3) is 0.0833. The van der Waals surface area contributed by atoms with Gasteiger partial charge in [0.2, 0.25) is 0 Å². The monoisotopic (exact) mass is 335 g/mol. The van der Waals surface area contributed by atoms with E-state index < -0.39 is 5.97 Å². The second kappa shape index (κ2) is 4.97. The van der Waals surface area contributed by atoms with Crippen LogP contribution in [-0.2, 0) is 6.54 Å². The molecule has 0 saturated heterocycles. The van der Waals surface area contributed by atoms with Gasteiger partial charge in [0.15, 0.2) is 11.3 Å². The van der Waals surface area contributed by atoms with Crippen LogP contribution in [0.1, 0.15) is 16.1 Å². The Morgan fingerprint density at radius 3 is 3.00 bits per heavy atom. The molecular formula is C12H10BrN5O2. The third-order valence-corrected chi connectivity index (χ3v) is 3.47. The van der Waals surface area contributed by atoms with Crippen molar-refractivity contribution in [3.8, 4) is 0 Å². The Hall–Kier alpha value is -2.35. The number of aromatic nitrogens is 4. The molecule has 0 saturated carbocycles. The molecule has 3 aromatic rings. The number of anilines is 1. The van der Waals surface area contributed by atoms with Crippen LogP contribution in [0.2, 0.25) is 0 Å². The number of carboxylic acid groups (broad SMARTS) is 1. The fourth-order valence-corrected chi connectivity index (χ4v) is 2.32. The normalized spacial score (nSPS) is 10.8. The molecule has 0 aromatic carbocycles. The lowest BCUT2D eigenvalue weighted by Gasteiger charge is -2.04. The zero-order valence-corrected chi connectivity index (χ0v) is 11.8. The molecule has 20 heavy (non-hydrogen) atoms. The van der Waals surface area contributed by atoms with Crippen molar-refractivity contribution in [1.82, 2.24) is 19.6 Å². The smallest absolute Gasteiger partial charge is 0.357 e. The van der Waals surface area contributed by atoms with E-state index >= 15 is 0 Å². The van der Waals surface area contributed by atoms with Crippen LogP contribution in [0, 0.1) is 0 Å². The van der Waals surface area contributed by atoms with Crippen molar-refractivity contribution < 1.29 is 9.90 Å². The molecule has 0 radical (unpaired) electrons. The summed E-state index contributed by atoms with van der Waals surface area (Å²) < 4.78 is 1.77. The predicted molar refractivity (Wildman–Crippen MR) is 75.8 cm³/mol. The summed E-state index contributed by atoms with van der Waals surface area (Å²) in [6.45, 7) is 0.625. The van der Waals surface area contributed by atoms with Crippen molar-refractivity contribution in [2.24, 2.45) is 0 Å². The van der Waals surface area contributed by atoms with Crippen LogP contribution >= 0.6 is 15.9 Å². The molecule has 3 rings (SSSR count). The number of nitrogens with one attached hydrogen (secondary N) is 2. The van der Waals surface area contributed by atoms with Crippen LogP contribution in [-0.4, -0.2) is 30.7 Å². The van der Waals surface area contributed by atoms with E-state index in [1.165, 1.54) is 4.52 Å². The van der Waals surface area contributed by atoms with E-state index in [2.05, 4.69) is 36.3 Å². The largest absolute Gasteiger partial charge is 0.476 e. The summed E-state index contributed by atoms with van der Waals surface area (Å²) in [5.41, 5.74) is 1.52. The van der Waals surface area contributed by atoms with Gasteiger partial charge in [0.05, 0.1) is 0 Å². The molecule has 0 fully saturated rings. The van der Waals surface area contributed by atoms with Crippen LogP contribution < -0.4 is 5.32 Å². The number of hydrogen-bond acceptors (Lipinski definition) is 4. The quantitative estimate of drug-likeness (QED) is 0.678. The van der Waals surface area contributed by atoms with E-state index in [0.29, 0.717) is 22.6 Å². The van der Waals surface area contributed by atoms with E-state index in [9.17, 15) is 4.79 Å². The summed E-state index contributed by atoms with van der Waals surface area (Å²) in [6.07, 6.45) is 3.74. The molecule has 8 heteroatoms. The van der Waals surface area contributed by atoms with Gasteiger partial charge in [0, 0.05) is 18.9 Å². The summed E-state index contributed by atoms with van der Waals surface area (Å²) in [5, 5.41) is 16.5. The highest BCUT2D eigenvalue weighted by atomic mass is 79.9. The maximum Gasteiger partial charge on any atom is 0.357 e. The van der Waals surface area contributed by atoms with Gasteiger partial charge in [-0.2, -0.15) is 0 Å². The van der Waals surface area contributed by atoms with Gasteiger partial charge in [-0.15, -0.1) is 5.10 Å². The molecule has 3 heterocycles. The highest BCUT2D eigenvalue weighted by Crippen LogP contribution is 2.19. The van der Waals surface area contributed by atoms with Crippen molar-refractivity contribution >= 4 is 33.4 Å². The van der Waals surface area contributed by atoms with Crippen LogP contribution in [0.25, 0.3) is 5.65 Å². The molecule has 0 bridgehead atoms. The van der Waals surface area contributed by atoms with Crippen molar-refractivity contribution in [1.29, 1.82) is 0 Å². The number of halogens is 1. The molecule has 0 amide bonds. The molecule has 3 N–H and O–H groups in total. The number of rotatable bonds is 4. The minimum absolute atomic E-state index is 0.0553. The highest BCUT2D eigenvalue weighted by molar-refractivity contribution is 9.10. The Labute approximate surface area is 121 Å². The van der Waals surface area contributed by atoms with E-state index in [1.54, 1.807) is 12.1 Å². The van der Waals surface area contributed by atoms with Gasteiger partial charge in [-0.1, -0.05) is 0 Å². The molecular weight excluding hydrogens is 326 g/mol. The van der Waals surface area contributed by atoms with Gasteiger partial charge in [-0.3, -0.25) is 0 Å². The van der Waals surface area contributed by atoms with Crippen molar-refractivity contribution in [2.75, 3.05) is 5.32 Å². The SMILES string of the molecule is O=C(O)c1nc2ccc(NCc3cc[nH]c3)nn2c1Br. The molecule has 0 aliphatic carbocycles. The Morgan fingerprint density at radius 2 is 2.30 bits per heavy atom. The zero-order chi connectivity index (χ0) is 14.1. The summed E-state index contributed by atoms with van der Waals surface area (Å²) >= 11 is 3.20. The Kier molecular flexibility index (Phi) is 3.15. The number of aromatic carboxylic acids is 1. The Morgan fingerprint density at radius 1 is 1.45 bits per heavy atom. The van der Waals surface area contributed by atoms with Gasteiger partial charge >= 0.3 is 5.97 Å². The van der Waals surface area contributed by atoms with E-state index in [1.807, 2.05) is 18.5 Å². The maximum atomic E-state index is 11.0. The second-order valence-electron chi connectivity index (χ2n) is 4.12. The van der Waals surface area contributed by atoms with E-state index in [-0.39, 0.29) is 5.69 Å². The van der Waals surface area contributed by atoms with Crippen molar-refractivity contribution in [3.05, 3.63) is 46.5 Å². The number of imidazole rings is 1. The molecule has 0 unspecified atom stereocenters. The first kappa shape index (κ1) is 12.7. The van der Waals surface area contributed by atoms with Crippen LogP contribution in [0.3, 0.4) is 0 Å². The summed E-state index contributed by atoms with van der Waals surface area (Å²) in [6, 6.07) is 5.43. The molecule has 102 valence electrons. The Balaban J connectivity index is 1.90. The number of carboxylic acids is 1. The molecule has 3 aromatic heterocycles. The molecule has 0 aliphatic heterocycles. The van der Waals surface area contributed by atoms with Crippen molar-refractivity contribution in [2.45, 2.75) is 6.54 Å². The number of hydrogen-bond donors (Lipinski definition) is 3. The summed E-state index contributed by atoms with van der Waals surface area (Å²) in [7, 11) is 0. The lowest BCUT2D eigenvalue weighted by Crippen LogP contribution is -2.03. The molecule has 0 aliphatic rings. The minimum Gasteiger partial charge on any atom is -0.476 e. The molecule has 0 atom stereocenters. The van der Waals surface area contributed by atoms with Gasteiger partial charge in [-0.25, -0.2) is 14.3 Å². The third-order valence-electron chi connectivity index (χ3n) is 2.76. The first-order chi connectivity index (χ1) is 9.65. The standard InChI is InChI=1S/C12H10BrN5O2/c13-11-10(12(19)20)16-9-2-1-8(17-18(9)11)15-6-7-3-4-14-5-7/h1-5,14H,6H2,(H,15,17)(H,19,20). The zero-order valence-electron chi connectivity index (χ0n) is 10.2. The minimum atomic E-state index is -1.09. The van der Waals surface area contributed by atoms with Crippen LogP contribution in [0.15, 0.2) is 35.2 Å². The number of aromatic amines is 1. The van der Waals surface area contributed by atoms with Gasteiger partial charge in [-0.05, 0) is 39.7 Å². The number of H-pyrrole nitrogens is 1. The molecule has 7 nitrogen and oxygen atoms in total. The molecule has 0 spiro atoms. The highest BCUT2D eigenvalue weighted by Gasteiger charge is 2.17. The van der Waals surface area contributed by atoms with E-state index in [4.69, 9.17) is 5.11 Å². The summed E-state index contributed by atoms with van der Waals surface area (Å²) in [4.78, 5) is 18.0. The van der Waals surface area contributed by atoms with E-state index in [0.717, 1.165) is 5.56 Å². The number of carbonyl (C=O) groups is 1. The van der Waals surface area contributed by atoms with Crippen molar-refractivity contribution in [3.63, 3.8) is 0 Å². The topological polar surface area (TPSA) is 95.3 Å². The third kappa shape index (κ3) is 2.25.